The van der Waals surface area contributed by atoms with Gasteiger partial charge in [-0.25, -0.2) is 9.97 Å². The summed E-state index contributed by atoms with van der Waals surface area (Å²) in [7, 11) is 0. The van der Waals surface area contributed by atoms with Gasteiger partial charge in [0.2, 0.25) is 0 Å². The van der Waals surface area contributed by atoms with Crippen LogP contribution in [0.2, 0.25) is 0 Å². The van der Waals surface area contributed by atoms with Gasteiger partial charge in [0.05, 0.1) is 11.5 Å². The Balaban J connectivity index is 2.16. The minimum atomic E-state index is -1.28. The molecule has 9 heteroatoms. The van der Waals surface area contributed by atoms with Crippen LogP contribution in [0.15, 0.2) is 16.4 Å². The Morgan fingerprint density at radius 2 is 1.79 bits per heavy atom. The molecule has 0 saturated carbocycles. The number of rotatable bonds is 3. The molecule has 3 heterocycles. The second-order valence-electron chi connectivity index (χ2n) is 5.84. The van der Waals surface area contributed by atoms with Crippen LogP contribution in [-0.2, 0) is 4.74 Å². The Labute approximate surface area is 148 Å². The van der Waals surface area contributed by atoms with Crippen LogP contribution in [0.5, 0.6) is 0 Å². The third-order valence-corrected chi connectivity index (χ3v) is 5.51. The fourth-order valence-electron chi connectivity index (χ4n) is 2.97. The highest BCUT2D eigenvalue weighted by molar-refractivity contribution is 7.99. The molecule has 1 saturated heterocycles. The molecule has 24 heavy (non-hydrogen) atoms. The van der Waals surface area contributed by atoms with E-state index in [-0.39, 0.29) is 0 Å². The molecule has 132 valence electrons. The molecular weight excluding hydrogens is 350 g/mol. The van der Waals surface area contributed by atoms with Crippen LogP contribution >= 0.6 is 23.5 Å². The Morgan fingerprint density at radius 1 is 1.08 bits per heavy atom. The molecule has 0 aromatic carbocycles. The van der Waals surface area contributed by atoms with Crippen molar-refractivity contribution in [1.82, 2.24) is 14.5 Å². The zero-order chi connectivity index (χ0) is 17.6. The van der Waals surface area contributed by atoms with E-state index in [9.17, 15) is 15.3 Å². The predicted molar refractivity (Wildman–Crippen MR) is 93.4 cm³/mol. The van der Waals surface area contributed by atoms with Crippen molar-refractivity contribution in [2.24, 2.45) is 0 Å². The van der Waals surface area contributed by atoms with Gasteiger partial charge in [-0.1, -0.05) is 11.8 Å². The largest absolute Gasteiger partial charge is 0.388 e. The summed E-state index contributed by atoms with van der Waals surface area (Å²) in [5.41, 5.74) is 1.61. The van der Waals surface area contributed by atoms with Gasteiger partial charge in [-0.05, 0) is 31.9 Å². The first-order valence-electron chi connectivity index (χ1n) is 7.55. The van der Waals surface area contributed by atoms with E-state index in [0.717, 1.165) is 16.0 Å². The van der Waals surface area contributed by atoms with Crippen molar-refractivity contribution >= 4 is 34.6 Å². The first-order valence-corrected chi connectivity index (χ1v) is 10.0. The van der Waals surface area contributed by atoms with E-state index in [1.807, 2.05) is 25.6 Å². The van der Waals surface area contributed by atoms with Gasteiger partial charge >= 0.3 is 0 Å². The van der Waals surface area contributed by atoms with Crippen LogP contribution in [0.25, 0.3) is 11.0 Å². The van der Waals surface area contributed by atoms with Gasteiger partial charge in [-0.3, -0.25) is 0 Å². The molecule has 5 unspecified atom stereocenters. The number of aliphatic hydroxyl groups is 3. The van der Waals surface area contributed by atoms with Crippen molar-refractivity contribution < 1.29 is 20.1 Å². The number of nitrogens with zero attached hydrogens (tertiary/aromatic N) is 3. The molecular formula is C15H21N3O4S2. The Hall–Kier alpha value is -0.840. The molecule has 0 amide bonds. The topological polar surface area (TPSA) is 101 Å². The van der Waals surface area contributed by atoms with Crippen LogP contribution in [0, 0.1) is 6.92 Å². The molecule has 3 N–H and O–H groups in total. The van der Waals surface area contributed by atoms with E-state index in [4.69, 9.17) is 4.74 Å². The van der Waals surface area contributed by atoms with E-state index >= 15 is 0 Å². The van der Waals surface area contributed by atoms with Crippen molar-refractivity contribution in [3.63, 3.8) is 0 Å². The molecule has 3 rings (SSSR count). The molecule has 0 radical (unpaired) electrons. The normalized spacial score (nSPS) is 30.9. The highest BCUT2D eigenvalue weighted by atomic mass is 32.2. The Morgan fingerprint density at radius 3 is 2.42 bits per heavy atom. The number of fused-ring (bicyclic) bond motifs is 1. The quantitative estimate of drug-likeness (QED) is 0.420. The molecule has 0 spiro atoms. The maximum atomic E-state index is 10.4. The van der Waals surface area contributed by atoms with Crippen LogP contribution < -0.4 is 0 Å². The molecule has 7 nitrogen and oxygen atoms in total. The molecule has 0 bridgehead atoms. The first kappa shape index (κ1) is 18.0. The zero-order valence-electron chi connectivity index (χ0n) is 13.9. The van der Waals surface area contributed by atoms with Crippen molar-refractivity contribution in [3.8, 4) is 0 Å². The van der Waals surface area contributed by atoms with Gasteiger partial charge in [0.25, 0.3) is 0 Å². The minimum Gasteiger partial charge on any atom is -0.388 e. The SMILES string of the molecule is CSc1nc(SC)c2c(C)cn(C3OC(C)C(O)C(O)C3O)c2n1. The van der Waals surface area contributed by atoms with Crippen LogP contribution in [0.1, 0.15) is 18.7 Å². The second kappa shape index (κ2) is 6.81. The third kappa shape index (κ3) is 2.83. The van der Waals surface area contributed by atoms with Crippen molar-refractivity contribution in [1.29, 1.82) is 0 Å². The lowest BCUT2D eigenvalue weighted by Crippen LogP contribution is -2.54. The second-order valence-corrected chi connectivity index (χ2v) is 7.41. The van der Waals surface area contributed by atoms with Crippen molar-refractivity contribution in [2.45, 2.75) is 54.7 Å². The maximum Gasteiger partial charge on any atom is 0.190 e. The van der Waals surface area contributed by atoms with Crippen LogP contribution in [0.4, 0.5) is 0 Å². The Bertz CT molecular complexity index is 754. The van der Waals surface area contributed by atoms with E-state index in [1.54, 1.807) is 11.5 Å². The summed E-state index contributed by atoms with van der Waals surface area (Å²) in [6, 6.07) is 0. The molecule has 1 aliphatic rings. The summed E-state index contributed by atoms with van der Waals surface area (Å²) < 4.78 is 7.49. The van der Waals surface area contributed by atoms with Crippen molar-refractivity contribution in [2.75, 3.05) is 12.5 Å². The number of aliphatic hydroxyl groups excluding tert-OH is 3. The molecule has 2 aromatic heterocycles. The summed E-state index contributed by atoms with van der Waals surface area (Å²) >= 11 is 2.97. The number of ether oxygens (including phenoxy) is 1. The number of aromatic nitrogens is 3. The van der Waals surface area contributed by atoms with Gasteiger partial charge in [0.1, 0.15) is 29.0 Å². The minimum absolute atomic E-state index is 0.604. The number of hydrogen-bond donors (Lipinski definition) is 3. The zero-order valence-corrected chi connectivity index (χ0v) is 15.5. The smallest absolute Gasteiger partial charge is 0.190 e. The van der Waals surface area contributed by atoms with Crippen LogP contribution in [-0.4, -0.2) is 66.8 Å². The third-order valence-electron chi connectivity index (χ3n) is 4.28. The highest BCUT2D eigenvalue weighted by Crippen LogP contribution is 2.35. The lowest BCUT2D eigenvalue weighted by Gasteiger charge is -2.39. The molecule has 5 atom stereocenters. The van der Waals surface area contributed by atoms with E-state index in [0.29, 0.717) is 10.8 Å². The molecule has 0 aliphatic carbocycles. The average molecular weight is 371 g/mol. The fraction of sp³-hybridized carbons (Fsp3) is 0.600. The number of aryl methyl sites for hydroxylation is 1. The summed E-state index contributed by atoms with van der Waals surface area (Å²) in [6.07, 6.45) is 0.610. The lowest BCUT2D eigenvalue weighted by molar-refractivity contribution is -0.239. The summed E-state index contributed by atoms with van der Waals surface area (Å²) in [5.74, 6) is 0. The summed E-state index contributed by atoms with van der Waals surface area (Å²) in [4.78, 5) is 9.10. The van der Waals surface area contributed by atoms with Gasteiger partial charge < -0.3 is 24.6 Å². The first-order chi connectivity index (χ1) is 11.4. The van der Waals surface area contributed by atoms with Crippen molar-refractivity contribution in [3.05, 3.63) is 11.8 Å². The van der Waals surface area contributed by atoms with Gasteiger partial charge in [0.15, 0.2) is 11.4 Å². The highest BCUT2D eigenvalue weighted by Gasteiger charge is 2.43. The average Bonchev–Trinajstić information content (AvgIpc) is 2.92. The monoisotopic (exact) mass is 371 g/mol. The molecule has 1 aliphatic heterocycles. The number of thioether (sulfide) groups is 2. The standard InChI is InChI=1S/C15H21N3O4S2/c1-6-5-18(14-11(21)10(20)9(19)7(2)22-14)12-8(6)13(23-3)17-15(16-12)24-4/h5,7,9-11,14,19-21H,1-4H3. The molecule has 2 aromatic rings. The maximum absolute atomic E-state index is 10.4. The van der Waals surface area contributed by atoms with Gasteiger partial charge in [0, 0.05) is 6.20 Å². The summed E-state index contributed by atoms with van der Waals surface area (Å²) in [5, 5.41) is 32.8. The predicted octanol–water partition coefficient (Wildman–Crippen LogP) is 1.18. The number of hydrogen-bond acceptors (Lipinski definition) is 8. The molecule has 1 fully saturated rings. The van der Waals surface area contributed by atoms with Gasteiger partial charge in [-0.15, -0.1) is 11.8 Å². The van der Waals surface area contributed by atoms with E-state index in [2.05, 4.69) is 9.97 Å². The Kier molecular flexibility index (Phi) is 5.10. The van der Waals surface area contributed by atoms with Crippen LogP contribution in [0.3, 0.4) is 0 Å². The van der Waals surface area contributed by atoms with E-state index in [1.165, 1.54) is 23.5 Å². The lowest BCUT2D eigenvalue weighted by atomic mass is 9.99. The summed E-state index contributed by atoms with van der Waals surface area (Å²) in [6.45, 7) is 3.62. The van der Waals surface area contributed by atoms with E-state index < -0.39 is 30.6 Å². The van der Waals surface area contributed by atoms with Gasteiger partial charge in [-0.2, -0.15) is 0 Å². The fourth-order valence-corrected chi connectivity index (χ4v) is 4.02.